The van der Waals surface area contributed by atoms with Crippen LogP contribution in [0.5, 0.6) is 11.6 Å². The number of carbonyl (C=O) groups excluding carboxylic acids is 1. The number of primary amides is 1. The molecular weight excluding hydrogens is 308 g/mol. The van der Waals surface area contributed by atoms with Crippen LogP contribution in [0.3, 0.4) is 0 Å². The Balaban J connectivity index is 2.39. The summed E-state index contributed by atoms with van der Waals surface area (Å²) in [6.45, 7) is 3.94. The van der Waals surface area contributed by atoms with E-state index < -0.39 is 5.91 Å². The van der Waals surface area contributed by atoms with Gasteiger partial charge in [0, 0.05) is 10.7 Å². The number of benzene rings is 1. The predicted octanol–water partition coefficient (Wildman–Crippen LogP) is 3.35. The topological polar surface area (TPSA) is 65.2 Å². The highest BCUT2D eigenvalue weighted by molar-refractivity contribution is 9.10. The Morgan fingerprint density at radius 3 is 2.53 bits per heavy atom. The molecule has 0 aliphatic rings. The predicted molar refractivity (Wildman–Crippen MR) is 76.4 cm³/mol. The average molecular weight is 321 g/mol. The van der Waals surface area contributed by atoms with Crippen molar-refractivity contribution in [1.29, 1.82) is 0 Å². The Bertz CT molecular complexity index is 618. The Hall–Kier alpha value is -1.88. The van der Waals surface area contributed by atoms with Crippen molar-refractivity contribution in [3.8, 4) is 11.6 Å². The van der Waals surface area contributed by atoms with Crippen LogP contribution in [0.25, 0.3) is 0 Å². The molecule has 1 amide bonds. The molecule has 2 rings (SSSR count). The number of pyridine rings is 1. The van der Waals surface area contributed by atoms with Crippen LogP contribution in [0.15, 0.2) is 34.9 Å². The molecule has 19 heavy (non-hydrogen) atoms. The maximum absolute atomic E-state index is 11.3. The SMILES string of the molecule is Cc1cc(Oc2ncccc2C(N)=O)cc(C)c1Br. The average Bonchev–Trinajstić information content (AvgIpc) is 2.36. The lowest BCUT2D eigenvalue weighted by molar-refractivity contribution is 0.0997. The molecule has 0 fully saturated rings. The van der Waals surface area contributed by atoms with Gasteiger partial charge in [-0.3, -0.25) is 4.79 Å². The van der Waals surface area contributed by atoms with Crippen LogP contribution in [-0.2, 0) is 0 Å². The van der Waals surface area contributed by atoms with Crippen molar-refractivity contribution in [1.82, 2.24) is 4.98 Å². The van der Waals surface area contributed by atoms with Gasteiger partial charge in [0.05, 0.1) is 0 Å². The van der Waals surface area contributed by atoms with Crippen molar-refractivity contribution in [3.05, 3.63) is 51.6 Å². The molecule has 0 aliphatic carbocycles. The number of aromatic nitrogens is 1. The minimum absolute atomic E-state index is 0.219. The van der Waals surface area contributed by atoms with Crippen molar-refractivity contribution in [2.24, 2.45) is 5.73 Å². The molecule has 0 radical (unpaired) electrons. The molecule has 4 nitrogen and oxygen atoms in total. The van der Waals surface area contributed by atoms with Gasteiger partial charge in [0.1, 0.15) is 11.3 Å². The first kappa shape index (κ1) is 13.5. The minimum Gasteiger partial charge on any atom is -0.438 e. The molecule has 2 N–H and O–H groups in total. The monoisotopic (exact) mass is 320 g/mol. The fourth-order valence-electron chi connectivity index (χ4n) is 1.74. The summed E-state index contributed by atoms with van der Waals surface area (Å²) in [5, 5.41) is 0. The molecule has 98 valence electrons. The molecular formula is C14H13BrN2O2. The van der Waals surface area contributed by atoms with E-state index in [0.717, 1.165) is 15.6 Å². The van der Waals surface area contributed by atoms with Crippen molar-refractivity contribution in [2.75, 3.05) is 0 Å². The Kier molecular flexibility index (Phi) is 3.85. The number of nitrogens with two attached hydrogens (primary N) is 1. The second-order valence-corrected chi connectivity index (χ2v) is 4.99. The fraction of sp³-hybridized carbons (Fsp3) is 0.143. The zero-order chi connectivity index (χ0) is 14.0. The van der Waals surface area contributed by atoms with Gasteiger partial charge < -0.3 is 10.5 Å². The molecule has 0 aliphatic heterocycles. The van der Waals surface area contributed by atoms with Gasteiger partial charge in [0.15, 0.2) is 0 Å². The van der Waals surface area contributed by atoms with Crippen molar-refractivity contribution >= 4 is 21.8 Å². The summed E-state index contributed by atoms with van der Waals surface area (Å²) < 4.78 is 6.69. The molecule has 0 saturated heterocycles. The highest BCUT2D eigenvalue weighted by Crippen LogP contribution is 2.29. The Labute approximate surface area is 119 Å². The lowest BCUT2D eigenvalue weighted by Gasteiger charge is -2.10. The summed E-state index contributed by atoms with van der Waals surface area (Å²) in [6, 6.07) is 6.97. The van der Waals surface area contributed by atoms with E-state index >= 15 is 0 Å². The van der Waals surface area contributed by atoms with Gasteiger partial charge in [-0.2, -0.15) is 0 Å². The second-order valence-electron chi connectivity index (χ2n) is 4.19. The van der Waals surface area contributed by atoms with Gasteiger partial charge in [0.2, 0.25) is 5.88 Å². The molecule has 0 saturated carbocycles. The third-order valence-electron chi connectivity index (χ3n) is 2.66. The fourth-order valence-corrected chi connectivity index (χ4v) is 1.97. The van der Waals surface area contributed by atoms with Crippen LogP contribution in [-0.4, -0.2) is 10.9 Å². The van der Waals surface area contributed by atoms with E-state index in [1.165, 1.54) is 0 Å². The quantitative estimate of drug-likeness (QED) is 0.943. The first-order valence-corrected chi connectivity index (χ1v) is 6.47. The van der Waals surface area contributed by atoms with Crippen molar-refractivity contribution in [3.63, 3.8) is 0 Å². The number of halogens is 1. The number of ether oxygens (including phenoxy) is 1. The first-order chi connectivity index (χ1) is 8.99. The smallest absolute Gasteiger partial charge is 0.254 e. The van der Waals surface area contributed by atoms with Gasteiger partial charge in [-0.05, 0) is 49.2 Å². The lowest BCUT2D eigenvalue weighted by Crippen LogP contribution is -2.12. The lowest BCUT2D eigenvalue weighted by atomic mass is 10.1. The van der Waals surface area contributed by atoms with Crippen LogP contribution >= 0.6 is 15.9 Å². The maximum atomic E-state index is 11.3. The summed E-state index contributed by atoms with van der Waals surface area (Å²) in [5.74, 6) is 0.282. The summed E-state index contributed by atoms with van der Waals surface area (Å²) in [6.07, 6.45) is 1.56. The molecule has 0 bridgehead atoms. The zero-order valence-electron chi connectivity index (χ0n) is 10.6. The zero-order valence-corrected chi connectivity index (χ0v) is 12.2. The van der Waals surface area contributed by atoms with E-state index in [1.54, 1.807) is 18.3 Å². The van der Waals surface area contributed by atoms with Crippen LogP contribution in [0, 0.1) is 13.8 Å². The summed E-state index contributed by atoms with van der Waals surface area (Å²) in [4.78, 5) is 15.3. The van der Waals surface area contributed by atoms with E-state index in [2.05, 4.69) is 20.9 Å². The van der Waals surface area contributed by atoms with Crippen LogP contribution in [0.4, 0.5) is 0 Å². The van der Waals surface area contributed by atoms with Crippen molar-refractivity contribution < 1.29 is 9.53 Å². The van der Waals surface area contributed by atoms with Gasteiger partial charge >= 0.3 is 0 Å². The molecule has 1 aromatic carbocycles. The summed E-state index contributed by atoms with van der Waals surface area (Å²) >= 11 is 3.49. The van der Waals surface area contributed by atoms with E-state index in [0.29, 0.717) is 5.75 Å². The Morgan fingerprint density at radius 2 is 1.95 bits per heavy atom. The number of carbonyl (C=O) groups is 1. The number of aryl methyl sites for hydroxylation is 2. The summed E-state index contributed by atoms with van der Waals surface area (Å²) in [7, 11) is 0. The standard InChI is InChI=1S/C14H13BrN2O2/c1-8-6-10(7-9(2)12(8)15)19-14-11(13(16)18)4-3-5-17-14/h3-7H,1-2H3,(H2,16,18). The molecule has 0 atom stereocenters. The second kappa shape index (κ2) is 5.40. The third-order valence-corrected chi connectivity index (χ3v) is 3.91. The van der Waals surface area contributed by atoms with Gasteiger partial charge in [0.25, 0.3) is 5.91 Å². The van der Waals surface area contributed by atoms with Crippen molar-refractivity contribution in [2.45, 2.75) is 13.8 Å². The largest absolute Gasteiger partial charge is 0.438 e. The van der Waals surface area contributed by atoms with E-state index in [4.69, 9.17) is 10.5 Å². The molecule has 0 unspecified atom stereocenters. The van der Waals surface area contributed by atoms with Gasteiger partial charge in [-0.25, -0.2) is 4.98 Å². The molecule has 0 spiro atoms. The number of hydrogen-bond acceptors (Lipinski definition) is 3. The Morgan fingerprint density at radius 1 is 1.32 bits per heavy atom. The van der Waals surface area contributed by atoms with Crippen LogP contribution in [0.1, 0.15) is 21.5 Å². The van der Waals surface area contributed by atoms with Crippen LogP contribution in [0.2, 0.25) is 0 Å². The van der Waals surface area contributed by atoms with E-state index in [1.807, 2.05) is 26.0 Å². The molecule has 5 heteroatoms. The highest BCUT2D eigenvalue weighted by atomic mass is 79.9. The van der Waals surface area contributed by atoms with E-state index in [-0.39, 0.29) is 11.4 Å². The molecule has 2 aromatic rings. The minimum atomic E-state index is -0.561. The third kappa shape index (κ3) is 2.93. The summed E-state index contributed by atoms with van der Waals surface area (Å²) in [5.41, 5.74) is 7.65. The normalized spacial score (nSPS) is 10.3. The van der Waals surface area contributed by atoms with Crippen LogP contribution < -0.4 is 10.5 Å². The van der Waals surface area contributed by atoms with Gasteiger partial charge in [-0.15, -0.1) is 0 Å². The highest BCUT2D eigenvalue weighted by Gasteiger charge is 2.12. The number of rotatable bonds is 3. The number of nitrogens with zero attached hydrogens (tertiary/aromatic N) is 1. The maximum Gasteiger partial charge on any atom is 0.254 e. The molecule has 1 heterocycles. The van der Waals surface area contributed by atoms with E-state index in [9.17, 15) is 4.79 Å². The first-order valence-electron chi connectivity index (χ1n) is 5.68. The molecule has 1 aromatic heterocycles. The van der Waals surface area contributed by atoms with Gasteiger partial charge in [-0.1, -0.05) is 15.9 Å². The number of amides is 1. The number of hydrogen-bond donors (Lipinski definition) is 1.